The molecule has 0 spiro atoms. The Balaban J connectivity index is 3.97. The van der Waals surface area contributed by atoms with Gasteiger partial charge in [0, 0.05) is 6.42 Å². The number of carbonyl (C=O) groups excluding carboxylic acids is 1. The van der Waals surface area contributed by atoms with Gasteiger partial charge in [0.25, 0.3) is 0 Å². The van der Waals surface area contributed by atoms with Crippen molar-refractivity contribution in [3.63, 3.8) is 0 Å². The van der Waals surface area contributed by atoms with E-state index in [2.05, 4.69) is 18.7 Å². The quantitative estimate of drug-likeness (QED) is 0.136. The zero-order valence-corrected chi connectivity index (χ0v) is 17.6. The van der Waals surface area contributed by atoms with Crippen LogP contribution in [0.4, 0.5) is 0 Å². The summed E-state index contributed by atoms with van der Waals surface area (Å²) in [6.45, 7) is 12.4. The van der Waals surface area contributed by atoms with Crippen LogP contribution in [-0.2, 0) is 9.53 Å². The van der Waals surface area contributed by atoms with Crippen molar-refractivity contribution in [3.05, 3.63) is 11.4 Å². The minimum atomic E-state index is 0.0382. The maximum Gasteiger partial charge on any atom is 0.308 e. The first-order chi connectivity index (χ1) is 12.8. The molecule has 3 heteroatoms. The molecular weight excluding hydrogens is 322 g/mol. The molecule has 0 amide bonds. The smallest absolute Gasteiger partial charge is 0.308 e. The third kappa shape index (κ3) is 16.4. The van der Waals surface area contributed by atoms with Crippen molar-refractivity contribution < 1.29 is 9.53 Å². The number of unbranched alkanes of at least 4 members (excludes halogenated alkanes) is 11. The molecule has 0 bridgehead atoms. The Hall–Kier alpha value is -1.04. The van der Waals surface area contributed by atoms with Gasteiger partial charge in [-0.05, 0) is 32.1 Å². The second kappa shape index (κ2) is 20.3. The highest BCUT2D eigenvalue weighted by Crippen LogP contribution is 2.20. The first kappa shape index (κ1) is 25.0. The van der Waals surface area contributed by atoms with Gasteiger partial charge in [-0.25, -0.2) is 6.57 Å². The van der Waals surface area contributed by atoms with Gasteiger partial charge in [-0.15, -0.1) is 0 Å². The third-order valence-electron chi connectivity index (χ3n) is 5.05. The molecular formula is C23H43NO2. The summed E-state index contributed by atoms with van der Waals surface area (Å²) in [7, 11) is 0. The molecule has 0 heterocycles. The summed E-state index contributed by atoms with van der Waals surface area (Å²) in [6, 6.07) is 0. The Morgan fingerprint density at radius 2 is 1.27 bits per heavy atom. The van der Waals surface area contributed by atoms with Crippen molar-refractivity contribution in [2.45, 2.75) is 117 Å². The molecule has 0 radical (unpaired) electrons. The van der Waals surface area contributed by atoms with Crippen molar-refractivity contribution in [3.8, 4) is 0 Å². The second-order valence-electron chi connectivity index (χ2n) is 7.57. The molecule has 0 saturated heterocycles. The van der Waals surface area contributed by atoms with Gasteiger partial charge in [0.15, 0.2) is 0 Å². The number of ether oxygens (including phenoxy) is 1. The van der Waals surface area contributed by atoms with E-state index in [1.807, 2.05) is 0 Å². The summed E-state index contributed by atoms with van der Waals surface area (Å²) in [5.74, 6) is 0.149. The highest BCUT2D eigenvalue weighted by molar-refractivity contribution is 5.72. The van der Waals surface area contributed by atoms with Crippen molar-refractivity contribution in [1.29, 1.82) is 0 Å². The molecule has 0 aliphatic carbocycles. The summed E-state index contributed by atoms with van der Waals surface area (Å²) in [5, 5.41) is 0. The predicted molar refractivity (Wildman–Crippen MR) is 111 cm³/mol. The molecule has 1 unspecified atom stereocenters. The Bertz CT molecular complexity index is 349. The van der Waals surface area contributed by atoms with Crippen molar-refractivity contribution in [1.82, 2.24) is 0 Å². The van der Waals surface area contributed by atoms with Gasteiger partial charge in [0.1, 0.15) is 0 Å². The fourth-order valence-corrected chi connectivity index (χ4v) is 3.31. The molecule has 0 rings (SSSR count). The number of carbonyl (C=O) groups is 1. The van der Waals surface area contributed by atoms with E-state index < -0.39 is 0 Å². The Morgan fingerprint density at radius 3 is 1.88 bits per heavy atom. The average molecular weight is 366 g/mol. The van der Waals surface area contributed by atoms with Gasteiger partial charge in [-0.1, -0.05) is 78.1 Å². The average Bonchev–Trinajstić information content (AvgIpc) is 2.65. The van der Waals surface area contributed by atoms with Crippen LogP contribution in [0.15, 0.2) is 0 Å². The van der Waals surface area contributed by atoms with Gasteiger partial charge in [-0.3, -0.25) is 4.79 Å². The topological polar surface area (TPSA) is 30.7 Å². The van der Waals surface area contributed by atoms with E-state index in [1.54, 1.807) is 0 Å². The van der Waals surface area contributed by atoms with Gasteiger partial charge in [0.05, 0.1) is 12.5 Å². The summed E-state index contributed by atoms with van der Waals surface area (Å²) in [5.41, 5.74) is 0. The fraction of sp³-hybridized carbons (Fsp3) is 0.913. The van der Waals surface area contributed by atoms with Gasteiger partial charge in [-0.2, -0.15) is 0 Å². The lowest BCUT2D eigenvalue weighted by Gasteiger charge is -2.16. The van der Waals surface area contributed by atoms with Crippen LogP contribution in [0.1, 0.15) is 117 Å². The molecule has 0 N–H and O–H groups in total. The van der Waals surface area contributed by atoms with Crippen LogP contribution in [0.5, 0.6) is 0 Å². The van der Waals surface area contributed by atoms with Gasteiger partial charge < -0.3 is 9.58 Å². The first-order valence-corrected chi connectivity index (χ1v) is 11.3. The third-order valence-corrected chi connectivity index (χ3v) is 5.05. The summed E-state index contributed by atoms with van der Waals surface area (Å²) >= 11 is 0. The van der Waals surface area contributed by atoms with Crippen molar-refractivity contribution >= 4 is 5.97 Å². The second-order valence-corrected chi connectivity index (χ2v) is 7.57. The predicted octanol–water partition coefficient (Wildman–Crippen LogP) is 7.35. The van der Waals surface area contributed by atoms with E-state index in [9.17, 15) is 4.79 Å². The molecule has 0 fully saturated rings. The minimum Gasteiger partial charge on any atom is -0.465 e. The Labute approximate surface area is 163 Å². The van der Waals surface area contributed by atoms with E-state index in [0.717, 1.165) is 51.4 Å². The number of hydrogen-bond donors (Lipinski definition) is 0. The molecule has 1 atom stereocenters. The highest BCUT2D eigenvalue weighted by atomic mass is 16.5. The molecule has 26 heavy (non-hydrogen) atoms. The molecule has 0 aromatic carbocycles. The lowest BCUT2D eigenvalue weighted by molar-refractivity contribution is -0.149. The molecule has 0 aromatic heterocycles. The number of esters is 1. The van der Waals surface area contributed by atoms with Crippen molar-refractivity contribution in [2.75, 3.05) is 13.2 Å². The summed E-state index contributed by atoms with van der Waals surface area (Å²) in [4.78, 5) is 15.8. The molecule has 0 saturated carbocycles. The zero-order chi connectivity index (χ0) is 19.3. The van der Waals surface area contributed by atoms with E-state index in [1.165, 1.54) is 51.4 Å². The Morgan fingerprint density at radius 1 is 0.769 bits per heavy atom. The number of hydrogen-bond acceptors (Lipinski definition) is 2. The van der Waals surface area contributed by atoms with Crippen LogP contribution in [-0.4, -0.2) is 19.1 Å². The summed E-state index contributed by atoms with van der Waals surface area (Å²) in [6.07, 6.45) is 18.6. The van der Waals surface area contributed by atoms with Crippen LogP contribution in [0.2, 0.25) is 0 Å². The SMILES string of the molecule is [C-]#[N+]CCCCCCOC(=O)C(CCCCCC)CCCCCCCC. The fourth-order valence-electron chi connectivity index (χ4n) is 3.31. The van der Waals surface area contributed by atoms with Crippen molar-refractivity contribution in [2.24, 2.45) is 5.92 Å². The molecule has 152 valence electrons. The standard InChI is InChI=1S/C23H43NO2/c1-4-6-8-10-11-15-19-22(18-14-9-7-5-2)23(25)26-21-17-13-12-16-20-24-3/h22H,4-21H2,1-2H3. The van der Waals surface area contributed by atoms with E-state index in [0.29, 0.717) is 13.2 Å². The monoisotopic (exact) mass is 365 g/mol. The maximum atomic E-state index is 12.4. The van der Waals surface area contributed by atoms with E-state index in [-0.39, 0.29) is 11.9 Å². The maximum absolute atomic E-state index is 12.4. The van der Waals surface area contributed by atoms with Crippen LogP contribution in [0.25, 0.3) is 4.85 Å². The summed E-state index contributed by atoms with van der Waals surface area (Å²) < 4.78 is 5.56. The van der Waals surface area contributed by atoms with Crippen LogP contribution >= 0.6 is 0 Å². The zero-order valence-electron chi connectivity index (χ0n) is 17.6. The van der Waals surface area contributed by atoms with E-state index >= 15 is 0 Å². The van der Waals surface area contributed by atoms with Crippen LogP contribution in [0, 0.1) is 12.5 Å². The largest absolute Gasteiger partial charge is 0.465 e. The first-order valence-electron chi connectivity index (χ1n) is 11.3. The molecule has 0 aliphatic rings. The van der Waals surface area contributed by atoms with E-state index in [4.69, 9.17) is 11.3 Å². The minimum absolute atomic E-state index is 0.0382. The Kier molecular flexibility index (Phi) is 19.5. The lowest BCUT2D eigenvalue weighted by Crippen LogP contribution is -2.18. The highest BCUT2D eigenvalue weighted by Gasteiger charge is 2.19. The van der Waals surface area contributed by atoms with Crippen LogP contribution < -0.4 is 0 Å². The molecule has 3 nitrogen and oxygen atoms in total. The molecule has 0 aromatic rings. The normalized spacial score (nSPS) is 11.9. The number of rotatable bonds is 19. The van der Waals surface area contributed by atoms with Gasteiger partial charge >= 0.3 is 5.97 Å². The lowest BCUT2D eigenvalue weighted by atomic mass is 9.94. The number of nitrogens with zero attached hydrogens (tertiary/aromatic N) is 1. The van der Waals surface area contributed by atoms with Gasteiger partial charge in [0.2, 0.25) is 6.54 Å². The van der Waals surface area contributed by atoms with Crippen LogP contribution in [0.3, 0.4) is 0 Å². The molecule has 0 aliphatic heterocycles.